The second kappa shape index (κ2) is 9.34. The van der Waals surface area contributed by atoms with Crippen LogP contribution in [-0.2, 0) is 6.18 Å². The van der Waals surface area contributed by atoms with Crippen molar-refractivity contribution in [2.24, 2.45) is 4.99 Å². The van der Waals surface area contributed by atoms with Gasteiger partial charge in [0.25, 0.3) is 5.91 Å². The van der Waals surface area contributed by atoms with Crippen LogP contribution in [0.5, 0.6) is 5.75 Å². The molecule has 0 saturated carbocycles. The van der Waals surface area contributed by atoms with Crippen molar-refractivity contribution >= 4 is 34.2 Å². The molecule has 1 aromatic heterocycles. The highest BCUT2D eigenvalue weighted by molar-refractivity contribution is 6.05. The summed E-state index contributed by atoms with van der Waals surface area (Å²) in [7, 11) is 1.47. The molecule has 4 rings (SSSR count). The molecule has 0 saturated heterocycles. The largest absolute Gasteiger partial charge is 0.545 e. The first-order valence-electron chi connectivity index (χ1n) is 10.1. The predicted molar refractivity (Wildman–Crippen MR) is 118 cm³/mol. The second-order valence-corrected chi connectivity index (χ2v) is 7.35. The lowest BCUT2D eigenvalue weighted by atomic mass is 10.1. The number of amides is 1. The molecule has 0 aliphatic carbocycles. The summed E-state index contributed by atoms with van der Waals surface area (Å²) >= 11 is 0. The molecular formula is C25H16F3N2O5-. The van der Waals surface area contributed by atoms with E-state index in [0.717, 1.165) is 12.1 Å². The minimum Gasteiger partial charge on any atom is -0.545 e. The Hall–Kier alpha value is -4.60. The summed E-state index contributed by atoms with van der Waals surface area (Å²) in [6, 6.07) is 15.9. The third kappa shape index (κ3) is 5.32. The van der Waals surface area contributed by atoms with Crippen LogP contribution in [0.3, 0.4) is 0 Å². The van der Waals surface area contributed by atoms with E-state index in [2.05, 4.69) is 10.3 Å². The average molecular weight is 481 g/mol. The van der Waals surface area contributed by atoms with Gasteiger partial charge in [-0.1, -0.05) is 18.2 Å². The zero-order valence-electron chi connectivity index (χ0n) is 18.1. The van der Waals surface area contributed by atoms with Gasteiger partial charge in [-0.3, -0.25) is 4.79 Å². The number of carbonyl (C=O) groups is 2. The molecule has 178 valence electrons. The van der Waals surface area contributed by atoms with Crippen LogP contribution in [0.2, 0.25) is 0 Å². The molecule has 0 radical (unpaired) electrons. The van der Waals surface area contributed by atoms with Crippen LogP contribution in [-0.4, -0.2) is 19.0 Å². The van der Waals surface area contributed by atoms with Gasteiger partial charge in [-0.05, 0) is 54.1 Å². The highest BCUT2D eigenvalue weighted by Gasteiger charge is 2.30. The number of carboxylic acids is 1. The number of halogens is 3. The monoisotopic (exact) mass is 481 g/mol. The summed E-state index contributed by atoms with van der Waals surface area (Å²) in [6.45, 7) is 0. The van der Waals surface area contributed by atoms with Gasteiger partial charge in [-0.2, -0.15) is 13.2 Å². The number of rotatable bonds is 5. The Morgan fingerprint density at radius 2 is 1.74 bits per heavy atom. The van der Waals surface area contributed by atoms with Crippen LogP contribution in [0.1, 0.15) is 26.3 Å². The number of fused-ring (bicyclic) bond motifs is 1. The van der Waals surface area contributed by atoms with Gasteiger partial charge in [0.2, 0.25) is 5.55 Å². The summed E-state index contributed by atoms with van der Waals surface area (Å²) in [5.74, 6) is -1.62. The van der Waals surface area contributed by atoms with Crippen LogP contribution < -0.4 is 20.7 Å². The zero-order valence-corrected chi connectivity index (χ0v) is 18.1. The maximum atomic E-state index is 13.1. The molecule has 0 aliphatic rings. The summed E-state index contributed by atoms with van der Waals surface area (Å²) < 4.78 is 50.2. The first-order valence-corrected chi connectivity index (χ1v) is 10.1. The Balaban J connectivity index is 1.81. The number of nitrogens with one attached hydrogen (secondary N) is 1. The van der Waals surface area contributed by atoms with Crippen molar-refractivity contribution in [2.45, 2.75) is 6.18 Å². The first kappa shape index (κ1) is 23.6. The summed E-state index contributed by atoms with van der Waals surface area (Å²) in [6.07, 6.45) is -4.57. The van der Waals surface area contributed by atoms with Crippen LogP contribution in [0, 0.1) is 0 Å². The van der Waals surface area contributed by atoms with E-state index in [1.54, 1.807) is 18.2 Å². The van der Waals surface area contributed by atoms with Crippen LogP contribution in [0.15, 0.2) is 82.2 Å². The van der Waals surface area contributed by atoms with Crippen molar-refractivity contribution in [1.29, 1.82) is 0 Å². The van der Waals surface area contributed by atoms with Gasteiger partial charge < -0.3 is 24.4 Å². The number of nitrogens with zero attached hydrogens (tertiary/aromatic N) is 1. The summed E-state index contributed by atoms with van der Waals surface area (Å²) in [4.78, 5) is 28.4. The van der Waals surface area contributed by atoms with Crippen LogP contribution in [0.25, 0.3) is 11.0 Å². The quantitative estimate of drug-likeness (QED) is 0.458. The number of carboxylic acid groups (broad SMARTS) is 1. The summed E-state index contributed by atoms with van der Waals surface area (Å²) in [5.41, 5.74) is -0.626. The van der Waals surface area contributed by atoms with E-state index in [1.165, 1.54) is 49.6 Å². The Kier molecular flexibility index (Phi) is 6.28. The molecule has 7 nitrogen and oxygen atoms in total. The zero-order chi connectivity index (χ0) is 25.2. The molecule has 4 aromatic rings. The number of benzene rings is 3. The number of hydrogen-bond acceptors (Lipinski definition) is 6. The Morgan fingerprint density at radius 3 is 2.40 bits per heavy atom. The van der Waals surface area contributed by atoms with Crippen molar-refractivity contribution in [1.82, 2.24) is 0 Å². The Labute approximate surface area is 196 Å². The van der Waals surface area contributed by atoms with E-state index in [-0.39, 0.29) is 28.1 Å². The van der Waals surface area contributed by atoms with Crippen molar-refractivity contribution in [3.05, 3.63) is 95.0 Å². The second-order valence-electron chi connectivity index (χ2n) is 7.35. The van der Waals surface area contributed by atoms with Crippen molar-refractivity contribution in [2.75, 3.05) is 12.4 Å². The van der Waals surface area contributed by atoms with Gasteiger partial charge >= 0.3 is 6.18 Å². The van der Waals surface area contributed by atoms with Gasteiger partial charge in [-0.25, -0.2) is 4.99 Å². The highest BCUT2D eigenvalue weighted by Crippen LogP contribution is 2.31. The van der Waals surface area contributed by atoms with Gasteiger partial charge in [0.05, 0.1) is 24.3 Å². The lowest BCUT2D eigenvalue weighted by Crippen LogP contribution is -2.22. The molecule has 0 bridgehead atoms. The predicted octanol–water partition coefficient (Wildman–Crippen LogP) is 4.31. The Bertz CT molecular complexity index is 1490. The number of alkyl halides is 3. The smallest absolute Gasteiger partial charge is 0.416 e. The fourth-order valence-corrected chi connectivity index (χ4v) is 3.23. The van der Waals surface area contributed by atoms with E-state index in [4.69, 9.17) is 9.15 Å². The molecule has 35 heavy (non-hydrogen) atoms. The minimum atomic E-state index is -4.57. The third-order valence-corrected chi connectivity index (χ3v) is 4.98. The van der Waals surface area contributed by atoms with Crippen molar-refractivity contribution in [3.8, 4) is 5.75 Å². The van der Waals surface area contributed by atoms with Crippen molar-refractivity contribution in [3.63, 3.8) is 0 Å². The topological polar surface area (TPSA) is 104 Å². The van der Waals surface area contributed by atoms with Gasteiger partial charge in [0, 0.05) is 17.1 Å². The molecule has 0 atom stereocenters. The fourth-order valence-electron chi connectivity index (χ4n) is 3.23. The molecule has 1 N–H and O–H groups in total. The molecule has 0 aliphatic heterocycles. The first-order chi connectivity index (χ1) is 16.6. The van der Waals surface area contributed by atoms with Crippen molar-refractivity contribution < 1.29 is 37.0 Å². The molecule has 3 aromatic carbocycles. The highest BCUT2D eigenvalue weighted by atomic mass is 19.4. The number of methoxy groups -OCH3 is 1. The number of hydrogen-bond donors (Lipinski definition) is 1. The van der Waals surface area contributed by atoms with Gasteiger partial charge in [-0.15, -0.1) is 0 Å². The van der Waals surface area contributed by atoms with E-state index in [0.29, 0.717) is 16.7 Å². The minimum absolute atomic E-state index is 0.0518. The molecule has 10 heteroatoms. The van der Waals surface area contributed by atoms with Gasteiger partial charge in [0.1, 0.15) is 16.9 Å². The molecule has 0 spiro atoms. The summed E-state index contributed by atoms with van der Waals surface area (Å²) in [5, 5.41) is 13.9. The van der Waals surface area contributed by atoms with E-state index >= 15 is 0 Å². The number of ether oxygens (including phenoxy) is 1. The van der Waals surface area contributed by atoms with E-state index < -0.39 is 23.6 Å². The molecule has 0 unspecified atom stereocenters. The lowest BCUT2D eigenvalue weighted by molar-refractivity contribution is -0.255. The lowest BCUT2D eigenvalue weighted by Gasteiger charge is -2.10. The van der Waals surface area contributed by atoms with Crippen LogP contribution >= 0.6 is 0 Å². The molecular weight excluding hydrogens is 465 g/mol. The maximum absolute atomic E-state index is 13.1. The van der Waals surface area contributed by atoms with E-state index in [9.17, 15) is 27.9 Å². The standard InChI is InChI=1S/C25H17F3N2O5/c1-34-19-10-7-15-11-20(22(31)29-18-4-2-3-16(12-18)25(26,27)28)23(35-21(15)13-19)30-17-8-5-14(6-9-17)24(32)33/h2-13H,1H3,(H,29,31)(H,32,33)/p-1. The molecule has 0 fully saturated rings. The van der Waals surface area contributed by atoms with Gasteiger partial charge in [0.15, 0.2) is 0 Å². The number of anilines is 1. The average Bonchev–Trinajstić information content (AvgIpc) is 2.83. The fraction of sp³-hybridized carbons (Fsp3) is 0.0800. The Morgan fingerprint density at radius 1 is 1.00 bits per heavy atom. The molecule has 1 amide bonds. The number of carbonyl (C=O) groups excluding carboxylic acids is 2. The van der Waals surface area contributed by atoms with Crippen LogP contribution in [0.4, 0.5) is 24.5 Å². The molecule has 1 heterocycles. The van der Waals surface area contributed by atoms with E-state index in [1.807, 2.05) is 0 Å². The SMILES string of the molecule is COc1ccc2cc(C(=O)Nc3cccc(C(F)(F)F)c3)c(=Nc3ccc(C(=O)[O-])cc3)oc2c1. The maximum Gasteiger partial charge on any atom is 0.416 e. The third-order valence-electron chi connectivity index (χ3n) is 4.98. The number of aromatic carboxylic acids is 1. The normalized spacial score (nSPS) is 11.9.